The van der Waals surface area contributed by atoms with Gasteiger partial charge in [-0.3, -0.25) is 9.78 Å². The van der Waals surface area contributed by atoms with E-state index in [1.54, 1.807) is 26.2 Å². The standard InChI is InChI=1S/C12H13N3O2/c1-7-10(11(16)15-12(13)14-7)8-3-5-9(17-2)6-4-8/h3-6H,1-2H3,(H3,13,14,15,16). The summed E-state index contributed by atoms with van der Waals surface area (Å²) in [4.78, 5) is 18.3. The maximum Gasteiger partial charge on any atom is 0.260 e. The predicted molar refractivity (Wildman–Crippen MR) is 66.0 cm³/mol. The first kappa shape index (κ1) is 11.2. The molecule has 0 unspecified atom stereocenters. The zero-order valence-corrected chi connectivity index (χ0v) is 9.65. The topological polar surface area (TPSA) is 81.0 Å². The smallest absolute Gasteiger partial charge is 0.260 e. The number of anilines is 1. The third-order valence-corrected chi connectivity index (χ3v) is 2.50. The molecule has 0 radical (unpaired) electrons. The molecule has 5 nitrogen and oxygen atoms in total. The molecule has 17 heavy (non-hydrogen) atoms. The summed E-state index contributed by atoms with van der Waals surface area (Å²) in [5, 5.41) is 0. The van der Waals surface area contributed by atoms with Crippen molar-refractivity contribution in [3.8, 4) is 16.9 Å². The second kappa shape index (κ2) is 4.29. The average molecular weight is 231 g/mol. The van der Waals surface area contributed by atoms with Crippen LogP contribution >= 0.6 is 0 Å². The summed E-state index contributed by atoms with van der Waals surface area (Å²) in [7, 11) is 1.60. The van der Waals surface area contributed by atoms with Gasteiger partial charge in [0.05, 0.1) is 18.4 Å². The van der Waals surface area contributed by atoms with Gasteiger partial charge in [0.1, 0.15) is 5.75 Å². The van der Waals surface area contributed by atoms with Crippen molar-refractivity contribution in [1.82, 2.24) is 9.97 Å². The summed E-state index contributed by atoms with van der Waals surface area (Å²) < 4.78 is 5.06. The molecule has 0 atom stereocenters. The molecule has 0 saturated carbocycles. The van der Waals surface area contributed by atoms with E-state index in [-0.39, 0.29) is 11.5 Å². The predicted octanol–water partition coefficient (Wildman–Crippen LogP) is 1.34. The van der Waals surface area contributed by atoms with Gasteiger partial charge in [-0.1, -0.05) is 12.1 Å². The number of H-pyrrole nitrogens is 1. The number of nitrogens with two attached hydrogens (primary N) is 1. The van der Waals surface area contributed by atoms with Crippen LogP contribution in [0.5, 0.6) is 5.75 Å². The van der Waals surface area contributed by atoms with E-state index in [1.165, 1.54) is 0 Å². The van der Waals surface area contributed by atoms with Gasteiger partial charge < -0.3 is 10.5 Å². The first-order chi connectivity index (χ1) is 8.11. The summed E-state index contributed by atoms with van der Waals surface area (Å²) in [6.45, 7) is 1.76. The second-order valence-electron chi connectivity index (χ2n) is 3.64. The Bertz CT molecular complexity index is 588. The van der Waals surface area contributed by atoms with E-state index in [0.717, 1.165) is 11.3 Å². The van der Waals surface area contributed by atoms with Crippen molar-refractivity contribution in [3.63, 3.8) is 0 Å². The minimum atomic E-state index is -0.236. The number of hydrogen-bond acceptors (Lipinski definition) is 4. The SMILES string of the molecule is COc1ccc(-c2c(C)nc(N)[nH]c2=O)cc1. The summed E-state index contributed by atoms with van der Waals surface area (Å²) in [5.41, 5.74) is 7.16. The molecular formula is C12H13N3O2. The molecule has 3 N–H and O–H groups in total. The lowest BCUT2D eigenvalue weighted by Crippen LogP contribution is -2.15. The van der Waals surface area contributed by atoms with Crippen LogP contribution in [-0.4, -0.2) is 17.1 Å². The molecule has 0 fully saturated rings. The van der Waals surface area contributed by atoms with Gasteiger partial charge in [-0.15, -0.1) is 0 Å². The first-order valence-electron chi connectivity index (χ1n) is 5.12. The van der Waals surface area contributed by atoms with Gasteiger partial charge >= 0.3 is 0 Å². The summed E-state index contributed by atoms with van der Waals surface area (Å²) >= 11 is 0. The molecule has 0 amide bonds. The normalized spacial score (nSPS) is 10.2. The highest BCUT2D eigenvalue weighted by molar-refractivity contribution is 5.65. The summed E-state index contributed by atoms with van der Waals surface area (Å²) in [5.74, 6) is 0.871. The van der Waals surface area contributed by atoms with Crippen molar-refractivity contribution in [3.05, 3.63) is 40.3 Å². The molecule has 0 spiro atoms. The minimum absolute atomic E-state index is 0.129. The van der Waals surface area contributed by atoms with Crippen LogP contribution in [0.4, 0.5) is 5.95 Å². The Morgan fingerprint density at radius 2 is 1.94 bits per heavy atom. The van der Waals surface area contributed by atoms with Crippen molar-refractivity contribution >= 4 is 5.95 Å². The van der Waals surface area contributed by atoms with Gasteiger partial charge in [0, 0.05) is 0 Å². The first-order valence-corrected chi connectivity index (χ1v) is 5.12. The number of nitrogens with zero attached hydrogens (tertiary/aromatic N) is 1. The monoisotopic (exact) mass is 231 g/mol. The van der Waals surface area contributed by atoms with Gasteiger partial charge in [-0.25, -0.2) is 4.98 Å². The Labute approximate surface area is 98.3 Å². The number of nitrogen functional groups attached to an aromatic ring is 1. The average Bonchev–Trinajstić information content (AvgIpc) is 2.28. The van der Waals surface area contributed by atoms with Crippen LogP contribution in [0.3, 0.4) is 0 Å². The van der Waals surface area contributed by atoms with Gasteiger partial charge in [-0.2, -0.15) is 0 Å². The maximum atomic E-state index is 11.8. The van der Waals surface area contributed by atoms with E-state index in [9.17, 15) is 4.79 Å². The van der Waals surface area contributed by atoms with Crippen LogP contribution in [-0.2, 0) is 0 Å². The maximum absolute atomic E-state index is 11.8. The number of aromatic amines is 1. The third kappa shape index (κ3) is 2.13. The molecule has 0 aliphatic rings. The second-order valence-corrected chi connectivity index (χ2v) is 3.64. The van der Waals surface area contributed by atoms with E-state index < -0.39 is 0 Å². The van der Waals surface area contributed by atoms with Crippen molar-refractivity contribution in [1.29, 1.82) is 0 Å². The van der Waals surface area contributed by atoms with Crippen LogP contribution < -0.4 is 16.0 Å². The lowest BCUT2D eigenvalue weighted by molar-refractivity contribution is 0.415. The summed E-state index contributed by atoms with van der Waals surface area (Å²) in [6.07, 6.45) is 0. The van der Waals surface area contributed by atoms with Crippen LogP contribution in [0.2, 0.25) is 0 Å². The number of nitrogens with one attached hydrogen (secondary N) is 1. The van der Waals surface area contributed by atoms with Crippen molar-refractivity contribution in [2.75, 3.05) is 12.8 Å². The van der Waals surface area contributed by atoms with Crippen LogP contribution in [0, 0.1) is 6.92 Å². The zero-order chi connectivity index (χ0) is 12.4. The molecule has 2 rings (SSSR count). The molecule has 0 saturated heterocycles. The Hall–Kier alpha value is -2.30. The number of benzene rings is 1. The fourth-order valence-corrected chi connectivity index (χ4v) is 1.71. The lowest BCUT2D eigenvalue weighted by atomic mass is 10.1. The van der Waals surface area contributed by atoms with Crippen LogP contribution in [0.1, 0.15) is 5.69 Å². The van der Waals surface area contributed by atoms with E-state index >= 15 is 0 Å². The van der Waals surface area contributed by atoms with Gasteiger partial charge in [0.2, 0.25) is 5.95 Å². The number of methoxy groups -OCH3 is 1. The summed E-state index contributed by atoms with van der Waals surface area (Å²) in [6, 6.07) is 7.22. The van der Waals surface area contributed by atoms with Gasteiger partial charge in [0.25, 0.3) is 5.56 Å². The van der Waals surface area contributed by atoms with Gasteiger partial charge in [0.15, 0.2) is 0 Å². The molecule has 5 heteroatoms. The Morgan fingerprint density at radius 1 is 1.29 bits per heavy atom. The molecule has 0 aliphatic heterocycles. The largest absolute Gasteiger partial charge is 0.497 e. The van der Waals surface area contributed by atoms with E-state index in [1.807, 2.05) is 12.1 Å². The molecule has 2 aromatic rings. The molecule has 1 aromatic heterocycles. The van der Waals surface area contributed by atoms with Crippen molar-refractivity contribution in [2.45, 2.75) is 6.92 Å². The number of rotatable bonds is 2. The molecular weight excluding hydrogens is 218 g/mol. The fraction of sp³-hybridized carbons (Fsp3) is 0.167. The Kier molecular flexibility index (Phi) is 2.82. The lowest BCUT2D eigenvalue weighted by Gasteiger charge is -2.06. The van der Waals surface area contributed by atoms with Crippen LogP contribution in [0.15, 0.2) is 29.1 Å². The van der Waals surface area contributed by atoms with E-state index in [4.69, 9.17) is 10.5 Å². The molecule has 0 bridgehead atoms. The number of aryl methyl sites for hydroxylation is 1. The number of hydrogen-bond donors (Lipinski definition) is 2. The minimum Gasteiger partial charge on any atom is -0.497 e. The highest BCUT2D eigenvalue weighted by Gasteiger charge is 2.09. The highest BCUT2D eigenvalue weighted by Crippen LogP contribution is 2.21. The van der Waals surface area contributed by atoms with E-state index in [0.29, 0.717) is 11.3 Å². The molecule has 88 valence electrons. The highest BCUT2D eigenvalue weighted by atomic mass is 16.5. The number of aromatic nitrogens is 2. The molecule has 1 heterocycles. The zero-order valence-electron chi connectivity index (χ0n) is 9.65. The van der Waals surface area contributed by atoms with Gasteiger partial charge in [-0.05, 0) is 24.6 Å². The fourth-order valence-electron chi connectivity index (χ4n) is 1.71. The third-order valence-electron chi connectivity index (χ3n) is 2.50. The van der Waals surface area contributed by atoms with Crippen LogP contribution in [0.25, 0.3) is 11.1 Å². The quantitative estimate of drug-likeness (QED) is 0.817. The van der Waals surface area contributed by atoms with Crippen molar-refractivity contribution in [2.24, 2.45) is 0 Å². The number of ether oxygens (including phenoxy) is 1. The van der Waals surface area contributed by atoms with Crippen molar-refractivity contribution < 1.29 is 4.74 Å². The Balaban J connectivity index is 2.56. The Morgan fingerprint density at radius 3 is 2.47 bits per heavy atom. The molecule has 0 aliphatic carbocycles. The molecule has 1 aromatic carbocycles. The van der Waals surface area contributed by atoms with E-state index in [2.05, 4.69) is 9.97 Å².